The Morgan fingerprint density at radius 3 is 2.85 bits per heavy atom. The van der Waals surface area contributed by atoms with Crippen molar-refractivity contribution in [1.82, 2.24) is 14.8 Å². The van der Waals surface area contributed by atoms with Gasteiger partial charge >= 0.3 is 0 Å². The van der Waals surface area contributed by atoms with Crippen molar-refractivity contribution < 1.29 is 14.0 Å². The van der Waals surface area contributed by atoms with Gasteiger partial charge in [-0.3, -0.25) is 9.59 Å². The number of aryl methyl sites for hydroxylation is 1. The molecule has 6 heteroatoms. The van der Waals surface area contributed by atoms with Crippen LogP contribution in [-0.4, -0.2) is 33.9 Å². The number of hydrogen-bond acceptors (Lipinski definition) is 3. The van der Waals surface area contributed by atoms with Crippen LogP contribution in [0.4, 0.5) is 0 Å². The van der Waals surface area contributed by atoms with Crippen molar-refractivity contribution in [1.29, 1.82) is 0 Å². The number of nitrogens with zero attached hydrogens (tertiary/aromatic N) is 2. The number of para-hydroxylation sites is 1. The number of carbonyl (C=O) groups excluding carboxylic acids is 2. The predicted molar refractivity (Wildman–Crippen MR) is 97.5 cm³/mol. The Kier molecular flexibility index (Phi) is 4.24. The highest BCUT2D eigenvalue weighted by Crippen LogP contribution is 2.24. The van der Waals surface area contributed by atoms with E-state index in [2.05, 4.69) is 5.32 Å². The van der Waals surface area contributed by atoms with Crippen molar-refractivity contribution in [2.45, 2.75) is 25.4 Å². The van der Waals surface area contributed by atoms with E-state index >= 15 is 0 Å². The largest absolute Gasteiger partial charge is 0.467 e. The number of aromatic nitrogens is 1. The normalized spacial score (nSPS) is 17.0. The van der Waals surface area contributed by atoms with Gasteiger partial charge in [-0.2, -0.15) is 0 Å². The maximum atomic E-state index is 13.1. The maximum absolute atomic E-state index is 13.1. The highest BCUT2D eigenvalue weighted by molar-refractivity contribution is 6.01. The van der Waals surface area contributed by atoms with Crippen LogP contribution in [0.15, 0.2) is 53.1 Å². The van der Waals surface area contributed by atoms with Gasteiger partial charge < -0.3 is 19.2 Å². The third-order valence-electron chi connectivity index (χ3n) is 5.00. The quantitative estimate of drug-likeness (QED) is 0.786. The van der Waals surface area contributed by atoms with Crippen molar-refractivity contribution in [3.8, 4) is 0 Å². The number of fused-ring (bicyclic) bond motifs is 1. The zero-order chi connectivity index (χ0) is 18.1. The van der Waals surface area contributed by atoms with Crippen LogP contribution < -0.4 is 5.32 Å². The second-order valence-electron chi connectivity index (χ2n) is 6.60. The lowest BCUT2D eigenvalue weighted by atomic mass is 10.2. The van der Waals surface area contributed by atoms with E-state index < -0.39 is 6.04 Å². The summed E-state index contributed by atoms with van der Waals surface area (Å²) in [7, 11) is 1.89. The Hall–Kier alpha value is -3.02. The number of nitrogens with one attached hydrogen (secondary N) is 1. The van der Waals surface area contributed by atoms with Gasteiger partial charge in [-0.25, -0.2) is 0 Å². The van der Waals surface area contributed by atoms with Gasteiger partial charge in [0, 0.05) is 24.5 Å². The minimum atomic E-state index is -0.435. The van der Waals surface area contributed by atoms with Crippen molar-refractivity contribution in [2.24, 2.45) is 7.05 Å². The molecule has 1 N–H and O–H groups in total. The molecule has 3 aromatic rings. The lowest BCUT2D eigenvalue weighted by Gasteiger charge is -2.24. The molecule has 1 unspecified atom stereocenters. The molecule has 0 radical (unpaired) electrons. The summed E-state index contributed by atoms with van der Waals surface area (Å²) in [4.78, 5) is 27.4. The Balaban J connectivity index is 1.52. The van der Waals surface area contributed by atoms with Crippen LogP contribution in [0.3, 0.4) is 0 Å². The molecule has 134 valence electrons. The molecular formula is C20H21N3O3. The van der Waals surface area contributed by atoms with E-state index in [1.54, 1.807) is 17.2 Å². The van der Waals surface area contributed by atoms with Crippen LogP contribution in [0.2, 0.25) is 0 Å². The smallest absolute Gasteiger partial charge is 0.271 e. The molecule has 1 saturated heterocycles. The fourth-order valence-electron chi connectivity index (χ4n) is 3.63. The van der Waals surface area contributed by atoms with Crippen LogP contribution in [-0.2, 0) is 18.4 Å². The molecule has 4 rings (SSSR count). The summed E-state index contributed by atoms with van der Waals surface area (Å²) in [5.74, 6) is 0.466. The molecule has 2 aromatic heterocycles. The Morgan fingerprint density at radius 1 is 1.23 bits per heavy atom. The molecule has 6 nitrogen and oxygen atoms in total. The van der Waals surface area contributed by atoms with Gasteiger partial charge in [-0.15, -0.1) is 0 Å². The lowest BCUT2D eigenvalue weighted by Crippen LogP contribution is -2.46. The second-order valence-corrected chi connectivity index (χ2v) is 6.60. The van der Waals surface area contributed by atoms with Gasteiger partial charge in [-0.05, 0) is 37.1 Å². The Morgan fingerprint density at radius 2 is 2.08 bits per heavy atom. The molecule has 3 heterocycles. The van der Waals surface area contributed by atoms with Crippen LogP contribution in [0.25, 0.3) is 10.9 Å². The van der Waals surface area contributed by atoms with Crippen molar-refractivity contribution in [3.05, 3.63) is 60.2 Å². The molecule has 2 amide bonds. The standard InChI is InChI=1S/C20H21N3O3/c1-22-16-8-3-2-6-14(16)12-18(22)20(25)23-10-4-9-17(23)19(24)21-13-15-7-5-11-26-15/h2-3,5-8,11-12,17H,4,9-10,13H2,1H3,(H,21,24). The number of amides is 2. The molecule has 26 heavy (non-hydrogen) atoms. The zero-order valence-corrected chi connectivity index (χ0v) is 14.6. The summed E-state index contributed by atoms with van der Waals surface area (Å²) in [6.45, 7) is 0.928. The third-order valence-corrected chi connectivity index (χ3v) is 5.00. The molecule has 0 saturated carbocycles. The SMILES string of the molecule is Cn1c(C(=O)N2CCCC2C(=O)NCc2ccco2)cc2ccccc21. The summed E-state index contributed by atoms with van der Waals surface area (Å²) in [5.41, 5.74) is 1.62. The van der Waals surface area contributed by atoms with Gasteiger partial charge in [0.05, 0.1) is 12.8 Å². The van der Waals surface area contributed by atoms with Gasteiger partial charge in [-0.1, -0.05) is 18.2 Å². The monoisotopic (exact) mass is 351 g/mol. The summed E-state index contributed by atoms with van der Waals surface area (Å²) in [6.07, 6.45) is 3.08. The topological polar surface area (TPSA) is 67.5 Å². The number of rotatable bonds is 4. The van der Waals surface area contributed by atoms with Gasteiger partial charge in [0.1, 0.15) is 17.5 Å². The highest BCUT2D eigenvalue weighted by atomic mass is 16.3. The van der Waals surface area contributed by atoms with E-state index in [9.17, 15) is 9.59 Å². The number of carbonyl (C=O) groups is 2. The fourth-order valence-corrected chi connectivity index (χ4v) is 3.63. The molecule has 1 aliphatic rings. The maximum Gasteiger partial charge on any atom is 0.271 e. The van der Waals surface area contributed by atoms with Crippen LogP contribution in [0, 0.1) is 0 Å². The first-order valence-corrected chi connectivity index (χ1v) is 8.80. The minimum Gasteiger partial charge on any atom is -0.467 e. The summed E-state index contributed by atoms with van der Waals surface area (Å²) >= 11 is 0. The van der Waals surface area contributed by atoms with Crippen LogP contribution >= 0.6 is 0 Å². The minimum absolute atomic E-state index is 0.0978. The lowest BCUT2D eigenvalue weighted by molar-refractivity contribution is -0.125. The Labute approximate surface area is 151 Å². The molecule has 1 fully saturated rings. The number of benzene rings is 1. The fraction of sp³-hybridized carbons (Fsp3) is 0.300. The number of hydrogen-bond donors (Lipinski definition) is 1. The third kappa shape index (κ3) is 2.87. The van der Waals surface area contributed by atoms with E-state index in [1.165, 1.54) is 0 Å². The Bertz CT molecular complexity index is 943. The first kappa shape index (κ1) is 16.4. The van der Waals surface area contributed by atoms with Crippen LogP contribution in [0.1, 0.15) is 29.1 Å². The molecular weight excluding hydrogens is 330 g/mol. The van der Waals surface area contributed by atoms with E-state index in [1.807, 2.05) is 48.0 Å². The molecule has 0 spiro atoms. The summed E-state index contributed by atoms with van der Waals surface area (Å²) < 4.78 is 7.14. The van der Waals surface area contributed by atoms with Crippen molar-refractivity contribution in [2.75, 3.05) is 6.54 Å². The molecule has 1 aromatic carbocycles. The molecule has 1 aliphatic heterocycles. The van der Waals surface area contributed by atoms with Gasteiger partial charge in [0.25, 0.3) is 5.91 Å². The molecule has 1 atom stereocenters. The molecule has 0 bridgehead atoms. The zero-order valence-electron chi connectivity index (χ0n) is 14.6. The van der Waals surface area contributed by atoms with Gasteiger partial charge in [0.2, 0.25) is 5.91 Å². The van der Waals surface area contributed by atoms with Crippen LogP contribution in [0.5, 0.6) is 0 Å². The van der Waals surface area contributed by atoms with E-state index in [-0.39, 0.29) is 11.8 Å². The van der Waals surface area contributed by atoms with Gasteiger partial charge in [0.15, 0.2) is 0 Å². The highest BCUT2D eigenvalue weighted by Gasteiger charge is 2.35. The average Bonchev–Trinajstić information content (AvgIpc) is 3.40. The van der Waals surface area contributed by atoms with Crippen molar-refractivity contribution >= 4 is 22.7 Å². The van der Waals surface area contributed by atoms with Crippen molar-refractivity contribution in [3.63, 3.8) is 0 Å². The molecule has 0 aliphatic carbocycles. The second kappa shape index (κ2) is 6.71. The first-order chi connectivity index (χ1) is 12.6. The number of furan rings is 1. The van der Waals surface area contributed by atoms with E-state index in [0.717, 1.165) is 17.3 Å². The first-order valence-electron chi connectivity index (χ1n) is 8.80. The van der Waals surface area contributed by atoms with E-state index in [4.69, 9.17) is 4.42 Å². The van der Waals surface area contributed by atoms with E-state index in [0.29, 0.717) is 31.0 Å². The summed E-state index contributed by atoms with van der Waals surface area (Å²) in [5, 5.41) is 3.90. The number of likely N-dealkylation sites (tertiary alicyclic amines) is 1. The predicted octanol–water partition coefficient (Wildman–Crippen LogP) is 2.69. The average molecular weight is 351 g/mol. The summed E-state index contributed by atoms with van der Waals surface area (Å²) in [6, 6.07) is 13.0.